The van der Waals surface area contributed by atoms with E-state index in [2.05, 4.69) is 37.8 Å². The maximum atomic E-state index is 12.6. The van der Waals surface area contributed by atoms with Gasteiger partial charge in [-0.25, -0.2) is 0 Å². The number of aromatic hydroxyl groups is 5. The van der Waals surface area contributed by atoms with E-state index in [4.69, 9.17) is 18.0 Å². The number of rotatable bonds is 0. The summed E-state index contributed by atoms with van der Waals surface area (Å²) >= 11 is 0. The van der Waals surface area contributed by atoms with Gasteiger partial charge < -0.3 is 40.9 Å². The number of ketones is 2. The molecule has 0 aromatic heterocycles. The van der Waals surface area contributed by atoms with Crippen LogP contribution in [0, 0.1) is 147 Å². The number of carbonyl (C=O) groups is 2. The van der Waals surface area contributed by atoms with Crippen LogP contribution < -0.4 is 0 Å². The quantitative estimate of drug-likeness (QED) is 0.0691. The summed E-state index contributed by atoms with van der Waals surface area (Å²) in [5.41, 5.74) is 12.5. The minimum atomic E-state index is -0.472. The molecule has 0 aliphatic heterocycles. The van der Waals surface area contributed by atoms with Gasteiger partial charge in [0.1, 0.15) is 28.7 Å². The van der Waals surface area contributed by atoms with Gasteiger partial charge in [0.15, 0.2) is 11.6 Å². The molecule has 0 spiro atoms. The summed E-state index contributed by atoms with van der Waals surface area (Å²) in [6, 6.07) is 26.3. The Morgan fingerprint density at radius 3 is 1.43 bits per heavy atom. The van der Waals surface area contributed by atoms with Crippen molar-refractivity contribution < 1.29 is 139 Å². The number of terminal acetylenes is 2. The van der Waals surface area contributed by atoms with Crippen LogP contribution in [0.4, 0.5) is 0 Å². The number of hydrogen-bond donors (Lipinski definition) is 8. The van der Waals surface area contributed by atoms with Crippen molar-refractivity contribution in [2.24, 2.45) is 34.5 Å². The molecule has 0 bridgehead atoms. The van der Waals surface area contributed by atoms with E-state index in [0.29, 0.717) is 53.9 Å². The number of phenols is 5. The molecular weight excluding hydrogens is 1470 g/mol. The molecule has 0 saturated heterocycles. The summed E-state index contributed by atoms with van der Waals surface area (Å²) in [5.74, 6) is 10.0. The summed E-state index contributed by atoms with van der Waals surface area (Å²) in [4.78, 5) is 23.9. The summed E-state index contributed by atoms with van der Waals surface area (Å²) in [5, 5.41) is 76.7. The first kappa shape index (κ1) is 66.3. The largest absolute Gasteiger partial charge is 0.508 e. The Hall–Kier alpha value is -4.20. The SMILES string of the molecule is C.C#CC1=CCC2C3CC(=O)c4cc(O)ccc4C3CC[C@]12C.C#CC1=CCC2C3C[C@@H](O)c4cc(O)ccc4C3CC[C@]12C.O=C1CCCc2ccc(O)cc21.Oc1ccc2c(c1)[C@H](O)CCC2.Oc1ccc2c(c1)[C@H](O)CCC2.[Ac].[Ac]. The first-order chi connectivity index (χ1) is 38.4. The summed E-state index contributed by atoms with van der Waals surface area (Å²) in [6.07, 6.45) is 30.7. The van der Waals surface area contributed by atoms with Gasteiger partial charge >= 0.3 is 0 Å². The van der Waals surface area contributed by atoms with Crippen LogP contribution >= 0.6 is 0 Å². The standard InChI is InChI=1S/C20H22O2.C20H20O2.2C10H12O2.C10H10O2.CH4.2Ac/c2*1-3-12-4-7-18-16-11-19(22)17-10-13(21)5-6-14(17)15(16)8-9-20(12,18)2;3*11-8-5-4-7-2-1-3-10(12)9(7)6-8;;;/h1,4-6,10,15-16,18-19,21-22H,7-9,11H2,2H3;1,4-6,10,15-16,18,21H,7-9,11H2,2H3;2*4-6,10-12H,1-3H2;4-6,11H,1-3H2;1H4;;/t15?,16?,18?,19-,20-;15?,16?,18?,20-;2*10-;;;;/m1111..../s1. The number of aryl methyl sites for hydroxylation is 3. The number of aliphatic hydroxyl groups is 3. The van der Waals surface area contributed by atoms with Crippen molar-refractivity contribution in [3.05, 3.63) is 170 Å². The number of benzene rings is 5. The van der Waals surface area contributed by atoms with Gasteiger partial charge in [0, 0.05) is 134 Å². The molecule has 0 amide bonds. The summed E-state index contributed by atoms with van der Waals surface area (Å²) in [7, 11) is 0. The molecular formula is C71H80Ac2O10. The van der Waals surface area contributed by atoms with E-state index in [1.54, 1.807) is 60.7 Å². The molecule has 6 unspecified atom stereocenters. The molecule has 5 aromatic carbocycles. The monoisotopic (exact) mass is 1550 g/mol. The Balaban J connectivity index is 0.000000152. The zero-order chi connectivity index (χ0) is 56.6. The van der Waals surface area contributed by atoms with Crippen LogP contribution in [0.25, 0.3) is 0 Å². The van der Waals surface area contributed by atoms with Crippen LogP contribution in [0.3, 0.4) is 0 Å². The van der Waals surface area contributed by atoms with E-state index < -0.39 is 6.10 Å². The third-order valence-electron chi connectivity index (χ3n) is 19.9. The second kappa shape index (κ2) is 28.1. The number of hydrogen-bond acceptors (Lipinski definition) is 10. The molecule has 0 heterocycles. The number of aliphatic hydroxyl groups excluding tert-OH is 3. The molecule has 10 nitrogen and oxygen atoms in total. The van der Waals surface area contributed by atoms with Crippen LogP contribution in [0.2, 0.25) is 0 Å². The molecule has 83 heavy (non-hydrogen) atoms. The van der Waals surface area contributed by atoms with Gasteiger partial charge in [0.2, 0.25) is 0 Å². The molecule has 9 aliphatic rings. The van der Waals surface area contributed by atoms with Crippen molar-refractivity contribution in [3.8, 4) is 53.4 Å². The predicted octanol–water partition coefficient (Wildman–Crippen LogP) is 14.0. The molecule has 2 fully saturated rings. The Bertz CT molecular complexity index is 3290. The van der Waals surface area contributed by atoms with Gasteiger partial charge in [-0.1, -0.05) is 75.6 Å². The number of phenolic OH excluding ortho intramolecular Hbond substituents is 5. The zero-order valence-electron chi connectivity index (χ0n) is 47.2. The third-order valence-corrected chi connectivity index (χ3v) is 19.9. The Morgan fingerprint density at radius 1 is 0.470 bits per heavy atom. The van der Waals surface area contributed by atoms with Crippen LogP contribution in [0.1, 0.15) is 207 Å². The number of carbonyl (C=O) groups excluding carboxylic acids is 2. The first-order valence-corrected chi connectivity index (χ1v) is 29.0. The average Bonchev–Trinajstić information content (AvgIpc) is 2.03. The van der Waals surface area contributed by atoms with Crippen LogP contribution in [-0.2, 0) is 19.3 Å². The van der Waals surface area contributed by atoms with E-state index in [9.17, 15) is 45.3 Å². The molecule has 8 N–H and O–H groups in total. The van der Waals surface area contributed by atoms with Crippen molar-refractivity contribution in [1.29, 1.82) is 0 Å². The molecule has 5 aromatic rings. The minimum Gasteiger partial charge on any atom is -0.508 e. The van der Waals surface area contributed by atoms with E-state index in [0.717, 1.165) is 135 Å². The molecule has 430 valence electrons. The second-order valence-electron chi connectivity index (χ2n) is 24.3. The molecule has 9 aliphatic carbocycles. The molecule has 2 saturated carbocycles. The fourth-order valence-electron chi connectivity index (χ4n) is 15.7. The van der Waals surface area contributed by atoms with Crippen LogP contribution in [0.15, 0.2) is 114 Å². The van der Waals surface area contributed by atoms with Crippen molar-refractivity contribution >= 4 is 11.6 Å². The molecule has 12 heteroatoms. The molecule has 14 rings (SSSR count). The minimum absolute atomic E-state index is 0. The topological polar surface area (TPSA) is 196 Å². The second-order valence-corrected chi connectivity index (χ2v) is 24.3. The average molecular weight is 1550 g/mol. The first-order valence-electron chi connectivity index (χ1n) is 29.0. The van der Waals surface area contributed by atoms with Gasteiger partial charge in [0.05, 0.1) is 18.3 Å². The smallest absolute Gasteiger partial charge is 0.163 e. The number of fused-ring (bicyclic) bond motifs is 13. The Labute approximate surface area is 562 Å². The van der Waals surface area contributed by atoms with E-state index in [1.165, 1.54) is 22.3 Å². The van der Waals surface area contributed by atoms with Crippen molar-refractivity contribution in [2.45, 2.75) is 161 Å². The molecule has 11 atom stereocenters. The normalized spacial score (nSPS) is 28.5. The van der Waals surface area contributed by atoms with Gasteiger partial charge in [-0.15, -0.1) is 12.8 Å². The van der Waals surface area contributed by atoms with E-state index in [-0.39, 0.29) is 159 Å². The summed E-state index contributed by atoms with van der Waals surface area (Å²) < 4.78 is 0. The van der Waals surface area contributed by atoms with E-state index >= 15 is 0 Å². The predicted molar refractivity (Wildman–Crippen MR) is 316 cm³/mol. The summed E-state index contributed by atoms with van der Waals surface area (Å²) in [6.45, 7) is 4.59. The van der Waals surface area contributed by atoms with Crippen LogP contribution in [0.5, 0.6) is 28.7 Å². The maximum absolute atomic E-state index is 12.6. The molecule has 2 radical (unpaired) electrons. The fourth-order valence-corrected chi connectivity index (χ4v) is 15.7. The zero-order valence-corrected chi connectivity index (χ0v) is 56.7. The number of Topliss-reactive ketones (excluding diaryl/α,β-unsaturated/α-hetero) is 2. The van der Waals surface area contributed by atoms with Gasteiger partial charge in [0.25, 0.3) is 0 Å². The van der Waals surface area contributed by atoms with Crippen molar-refractivity contribution in [3.63, 3.8) is 0 Å². The van der Waals surface area contributed by atoms with Gasteiger partial charge in [-0.3, -0.25) is 9.59 Å². The Morgan fingerprint density at radius 2 is 0.904 bits per heavy atom. The maximum Gasteiger partial charge on any atom is 0.163 e. The van der Waals surface area contributed by atoms with Gasteiger partial charge in [-0.05, 0) is 237 Å². The fraction of sp³-hybridized carbons (Fsp3) is 0.437. The van der Waals surface area contributed by atoms with Gasteiger partial charge in [-0.2, -0.15) is 0 Å². The van der Waals surface area contributed by atoms with Crippen LogP contribution in [-0.4, -0.2) is 52.4 Å². The van der Waals surface area contributed by atoms with Crippen molar-refractivity contribution in [2.75, 3.05) is 0 Å². The third kappa shape index (κ3) is 13.7. The van der Waals surface area contributed by atoms with E-state index in [1.807, 2.05) is 30.3 Å². The van der Waals surface area contributed by atoms with Crippen molar-refractivity contribution in [1.82, 2.24) is 0 Å². The Kier molecular flexibility index (Phi) is 22.5. The number of allylic oxidation sites excluding steroid dienone is 4.